The minimum atomic E-state index is -5.08. The number of alkyl halides is 3. The molecule has 0 atom stereocenters. The molecule has 0 spiro atoms. The van der Waals surface area contributed by atoms with Crippen LogP contribution in [-0.2, 0) is 16.0 Å². The second kappa shape index (κ2) is 5.59. The molecule has 1 amide bonds. The number of nitrogens with one attached hydrogen (secondary N) is 1. The fourth-order valence-corrected chi connectivity index (χ4v) is 1.33. The van der Waals surface area contributed by atoms with Crippen molar-refractivity contribution in [3.05, 3.63) is 23.8 Å². The van der Waals surface area contributed by atoms with Gasteiger partial charge in [0.25, 0.3) is 0 Å². The van der Waals surface area contributed by atoms with Crippen LogP contribution in [0.3, 0.4) is 0 Å². The Morgan fingerprint density at radius 2 is 2.00 bits per heavy atom. The van der Waals surface area contributed by atoms with Crippen molar-refractivity contribution in [2.75, 3.05) is 12.4 Å². The highest BCUT2D eigenvalue weighted by atomic mass is 19.4. The van der Waals surface area contributed by atoms with Crippen LogP contribution in [0.2, 0.25) is 0 Å². The van der Waals surface area contributed by atoms with Gasteiger partial charge in [0, 0.05) is 5.69 Å². The largest absolute Gasteiger partial charge is 0.497 e. The molecule has 0 saturated heterocycles. The standard InChI is InChI=1S/C9H9NO2.C2HF3O2/c1-12-7-2-3-8-6(4-7)5-9(11)10-8;3-2(4,5)1(6)7/h2-4H,5H2,1H3,(H,10,11);(H,6,7). The van der Waals surface area contributed by atoms with E-state index in [-0.39, 0.29) is 5.91 Å². The van der Waals surface area contributed by atoms with Gasteiger partial charge >= 0.3 is 12.1 Å². The second-order valence-electron chi connectivity index (χ2n) is 3.55. The molecule has 19 heavy (non-hydrogen) atoms. The highest BCUT2D eigenvalue weighted by Crippen LogP contribution is 2.26. The second-order valence-corrected chi connectivity index (χ2v) is 3.55. The molecule has 1 aromatic rings. The summed E-state index contributed by atoms with van der Waals surface area (Å²) in [5.74, 6) is -1.91. The maximum atomic E-state index is 10.9. The number of hydrogen-bond acceptors (Lipinski definition) is 3. The molecule has 2 rings (SSSR count). The quantitative estimate of drug-likeness (QED) is 0.821. The van der Waals surface area contributed by atoms with Crippen molar-refractivity contribution < 1.29 is 32.6 Å². The van der Waals surface area contributed by atoms with E-state index < -0.39 is 12.1 Å². The Morgan fingerprint density at radius 3 is 2.47 bits per heavy atom. The molecule has 2 N–H and O–H groups in total. The van der Waals surface area contributed by atoms with E-state index in [1.807, 2.05) is 18.2 Å². The molecule has 0 bridgehead atoms. The highest BCUT2D eigenvalue weighted by molar-refractivity contribution is 5.99. The average molecular weight is 277 g/mol. The number of hydrogen-bond donors (Lipinski definition) is 2. The van der Waals surface area contributed by atoms with Gasteiger partial charge in [-0.3, -0.25) is 4.79 Å². The molecule has 0 fully saturated rings. The molecule has 0 aliphatic carbocycles. The number of carbonyl (C=O) groups is 2. The zero-order valence-electron chi connectivity index (χ0n) is 9.75. The van der Waals surface area contributed by atoms with Crippen LogP contribution in [0.25, 0.3) is 0 Å². The van der Waals surface area contributed by atoms with Crippen molar-refractivity contribution in [1.29, 1.82) is 0 Å². The van der Waals surface area contributed by atoms with Crippen molar-refractivity contribution >= 4 is 17.6 Å². The molecule has 0 radical (unpaired) electrons. The molecule has 5 nitrogen and oxygen atoms in total. The number of carbonyl (C=O) groups excluding carboxylic acids is 1. The molecular formula is C11H10F3NO4. The lowest BCUT2D eigenvalue weighted by atomic mass is 10.1. The average Bonchev–Trinajstić information content (AvgIpc) is 2.67. The molecule has 0 saturated carbocycles. The van der Waals surface area contributed by atoms with Crippen LogP contribution in [0.4, 0.5) is 18.9 Å². The Bertz CT molecular complexity index is 499. The van der Waals surface area contributed by atoms with E-state index in [0.717, 1.165) is 17.0 Å². The van der Waals surface area contributed by atoms with Crippen LogP contribution < -0.4 is 10.1 Å². The maximum Gasteiger partial charge on any atom is 0.490 e. The van der Waals surface area contributed by atoms with Crippen LogP contribution in [0, 0.1) is 0 Å². The number of methoxy groups -OCH3 is 1. The number of ether oxygens (including phenoxy) is 1. The third kappa shape index (κ3) is 4.16. The SMILES string of the molecule is COc1ccc2c(c1)CC(=O)N2.O=C(O)C(F)(F)F. The number of fused-ring (bicyclic) bond motifs is 1. The van der Waals surface area contributed by atoms with Crippen LogP contribution in [-0.4, -0.2) is 30.3 Å². The maximum absolute atomic E-state index is 10.9. The Hall–Kier alpha value is -2.25. The van der Waals surface area contributed by atoms with E-state index in [1.165, 1.54) is 0 Å². The first-order valence-corrected chi connectivity index (χ1v) is 5.01. The van der Waals surface area contributed by atoms with Crippen molar-refractivity contribution in [2.45, 2.75) is 12.6 Å². The molecule has 1 heterocycles. The van der Waals surface area contributed by atoms with Gasteiger partial charge in [-0.2, -0.15) is 13.2 Å². The Balaban J connectivity index is 0.000000224. The predicted octanol–water partition coefficient (Wildman–Crippen LogP) is 1.82. The summed E-state index contributed by atoms with van der Waals surface area (Å²) in [6, 6.07) is 5.58. The Labute approximate surface area is 106 Å². The summed E-state index contributed by atoms with van der Waals surface area (Å²) in [4.78, 5) is 19.8. The molecule has 104 valence electrons. The number of benzene rings is 1. The number of carboxylic acids is 1. The zero-order valence-corrected chi connectivity index (χ0v) is 9.75. The summed E-state index contributed by atoms with van der Waals surface area (Å²) in [5, 5.41) is 9.88. The van der Waals surface area contributed by atoms with Crippen LogP contribution in [0.15, 0.2) is 18.2 Å². The summed E-state index contributed by atoms with van der Waals surface area (Å²) in [7, 11) is 1.62. The third-order valence-electron chi connectivity index (χ3n) is 2.18. The van der Waals surface area contributed by atoms with Gasteiger partial charge in [-0.25, -0.2) is 4.79 Å². The lowest BCUT2D eigenvalue weighted by Gasteiger charge is -2.01. The number of halogens is 3. The van der Waals surface area contributed by atoms with Gasteiger partial charge in [0.1, 0.15) is 5.75 Å². The summed E-state index contributed by atoms with van der Waals surface area (Å²) in [6.45, 7) is 0. The fourth-order valence-electron chi connectivity index (χ4n) is 1.33. The molecule has 1 aliphatic rings. The number of amides is 1. The van der Waals surface area contributed by atoms with Gasteiger partial charge in [-0.1, -0.05) is 0 Å². The fraction of sp³-hybridized carbons (Fsp3) is 0.273. The van der Waals surface area contributed by atoms with Crippen molar-refractivity contribution in [1.82, 2.24) is 0 Å². The normalized spacial score (nSPS) is 12.9. The van der Waals surface area contributed by atoms with Crippen molar-refractivity contribution in [3.8, 4) is 5.75 Å². The molecule has 1 aliphatic heterocycles. The number of aliphatic carboxylic acids is 1. The summed E-state index contributed by atoms with van der Waals surface area (Å²) in [6.07, 6.45) is -4.62. The third-order valence-corrected chi connectivity index (χ3v) is 2.18. The number of carboxylic acid groups (broad SMARTS) is 1. The number of rotatable bonds is 1. The van der Waals surface area contributed by atoms with Gasteiger partial charge in [-0.15, -0.1) is 0 Å². The highest BCUT2D eigenvalue weighted by Gasteiger charge is 2.38. The van der Waals surface area contributed by atoms with Crippen LogP contribution >= 0.6 is 0 Å². The Kier molecular flexibility index (Phi) is 4.36. The van der Waals surface area contributed by atoms with Gasteiger partial charge < -0.3 is 15.2 Å². The van der Waals surface area contributed by atoms with Crippen molar-refractivity contribution in [2.24, 2.45) is 0 Å². The first-order chi connectivity index (χ1) is 8.74. The topological polar surface area (TPSA) is 75.6 Å². The van der Waals surface area contributed by atoms with Crippen LogP contribution in [0.5, 0.6) is 5.75 Å². The zero-order chi connectivity index (χ0) is 14.6. The van der Waals surface area contributed by atoms with E-state index in [1.54, 1.807) is 7.11 Å². The minimum absolute atomic E-state index is 0.0539. The monoisotopic (exact) mass is 277 g/mol. The van der Waals surface area contributed by atoms with Gasteiger partial charge in [0.2, 0.25) is 5.91 Å². The first-order valence-electron chi connectivity index (χ1n) is 5.01. The summed E-state index contributed by atoms with van der Waals surface area (Å²) < 4.78 is 36.8. The van der Waals surface area contributed by atoms with E-state index >= 15 is 0 Å². The smallest absolute Gasteiger partial charge is 0.490 e. The molecular weight excluding hydrogens is 267 g/mol. The first kappa shape index (κ1) is 14.8. The summed E-state index contributed by atoms with van der Waals surface area (Å²) in [5.41, 5.74) is 1.92. The minimum Gasteiger partial charge on any atom is -0.497 e. The van der Waals surface area contributed by atoms with Crippen LogP contribution in [0.1, 0.15) is 5.56 Å². The van der Waals surface area contributed by atoms with E-state index in [2.05, 4.69) is 5.32 Å². The number of anilines is 1. The Morgan fingerprint density at radius 1 is 1.42 bits per heavy atom. The lowest BCUT2D eigenvalue weighted by molar-refractivity contribution is -0.192. The predicted molar refractivity (Wildman–Crippen MR) is 59.0 cm³/mol. The lowest BCUT2D eigenvalue weighted by Crippen LogP contribution is -2.21. The molecule has 0 unspecified atom stereocenters. The molecule has 8 heteroatoms. The van der Waals surface area contributed by atoms with E-state index in [0.29, 0.717) is 6.42 Å². The van der Waals surface area contributed by atoms with E-state index in [4.69, 9.17) is 14.6 Å². The summed E-state index contributed by atoms with van der Waals surface area (Å²) >= 11 is 0. The van der Waals surface area contributed by atoms with Gasteiger partial charge in [-0.05, 0) is 23.8 Å². The molecule has 0 aromatic heterocycles. The van der Waals surface area contributed by atoms with Crippen molar-refractivity contribution in [3.63, 3.8) is 0 Å². The van der Waals surface area contributed by atoms with Gasteiger partial charge in [0.15, 0.2) is 0 Å². The van der Waals surface area contributed by atoms with E-state index in [9.17, 15) is 18.0 Å². The van der Waals surface area contributed by atoms with Gasteiger partial charge in [0.05, 0.1) is 13.5 Å². The molecule has 1 aromatic carbocycles.